The summed E-state index contributed by atoms with van der Waals surface area (Å²) < 4.78 is 66.5. The number of anilines is 1. The van der Waals surface area contributed by atoms with Gasteiger partial charge in [0.15, 0.2) is 0 Å². The summed E-state index contributed by atoms with van der Waals surface area (Å²) in [7, 11) is 0. The van der Waals surface area contributed by atoms with Crippen LogP contribution in [-0.4, -0.2) is 24.8 Å². The first-order valence-electron chi connectivity index (χ1n) is 7.88. The van der Waals surface area contributed by atoms with Crippen molar-refractivity contribution < 1.29 is 36.3 Å². The lowest BCUT2D eigenvalue weighted by Gasteiger charge is -2.12. The zero-order valence-electron chi connectivity index (χ0n) is 14.4. The van der Waals surface area contributed by atoms with Gasteiger partial charge in [0.1, 0.15) is 5.75 Å². The van der Waals surface area contributed by atoms with Crippen molar-refractivity contribution in [3.8, 4) is 5.75 Å². The molecule has 0 heterocycles. The van der Waals surface area contributed by atoms with E-state index in [1.165, 1.54) is 25.1 Å². The number of hydrogen-bond acceptors (Lipinski definition) is 4. The van der Waals surface area contributed by atoms with Crippen molar-refractivity contribution in [3.63, 3.8) is 0 Å². The molecule has 2 aromatic carbocycles. The highest BCUT2D eigenvalue weighted by atomic mass is 19.4. The Balaban J connectivity index is 1.93. The molecule has 1 unspecified atom stereocenters. The van der Waals surface area contributed by atoms with E-state index in [0.717, 1.165) is 30.5 Å². The summed E-state index contributed by atoms with van der Waals surface area (Å²) in [5.74, 6) is -0.777. The van der Waals surface area contributed by atoms with Gasteiger partial charge in [-0.25, -0.2) is 0 Å². The van der Waals surface area contributed by atoms with Crippen LogP contribution in [0.25, 0.3) is 0 Å². The topological polar surface area (TPSA) is 59.9 Å². The van der Waals surface area contributed by atoms with Crippen molar-refractivity contribution in [2.24, 2.45) is 5.16 Å². The highest BCUT2D eigenvalue weighted by Crippen LogP contribution is 2.29. The summed E-state index contributed by atoms with van der Waals surface area (Å²) >= 11 is 0. The molecule has 1 N–H and O–H groups in total. The number of benzene rings is 2. The minimum atomic E-state index is -4.47. The maximum Gasteiger partial charge on any atom is 0.416 e. The highest BCUT2D eigenvalue weighted by molar-refractivity contribution is 5.94. The number of alkyl halides is 5. The van der Waals surface area contributed by atoms with Crippen LogP contribution >= 0.6 is 0 Å². The smallest absolute Gasteiger partial charge is 0.416 e. The number of para-hydroxylation sites is 1. The number of carbonyl (C=O) groups excluding carboxylic acids is 1. The Morgan fingerprint density at radius 1 is 1.11 bits per heavy atom. The van der Waals surface area contributed by atoms with E-state index in [1.54, 1.807) is 6.07 Å². The number of nitrogens with zero attached hydrogens (tertiary/aromatic N) is 1. The van der Waals surface area contributed by atoms with Gasteiger partial charge in [-0.15, -0.1) is 0 Å². The minimum Gasteiger partial charge on any atom is -0.434 e. The quantitative estimate of drug-likeness (QED) is 0.416. The predicted molar refractivity (Wildman–Crippen MR) is 91.3 cm³/mol. The van der Waals surface area contributed by atoms with E-state index in [4.69, 9.17) is 4.84 Å². The van der Waals surface area contributed by atoms with E-state index in [1.807, 2.05) is 0 Å². The molecule has 150 valence electrons. The van der Waals surface area contributed by atoms with Gasteiger partial charge >= 0.3 is 12.8 Å². The van der Waals surface area contributed by atoms with Gasteiger partial charge in [-0.05, 0) is 43.3 Å². The molecule has 0 fully saturated rings. The normalized spacial score (nSPS) is 12.8. The molecule has 0 bridgehead atoms. The summed E-state index contributed by atoms with van der Waals surface area (Å²) in [5, 5.41) is 5.94. The zero-order chi connectivity index (χ0) is 20.7. The molecule has 2 rings (SSSR count). The first-order valence-corrected chi connectivity index (χ1v) is 7.88. The number of hydrogen-bond donors (Lipinski definition) is 1. The predicted octanol–water partition coefficient (Wildman–Crippen LogP) is 4.68. The maximum atomic E-state index is 12.5. The van der Waals surface area contributed by atoms with Crippen LogP contribution in [0.2, 0.25) is 0 Å². The molecule has 10 heteroatoms. The van der Waals surface area contributed by atoms with Gasteiger partial charge < -0.3 is 14.9 Å². The second-order valence-corrected chi connectivity index (χ2v) is 5.46. The van der Waals surface area contributed by atoms with Crippen LogP contribution < -0.4 is 10.1 Å². The van der Waals surface area contributed by atoms with Gasteiger partial charge in [-0.3, -0.25) is 4.79 Å². The molecular weight excluding hydrogens is 387 g/mol. The lowest BCUT2D eigenvalue weighted by molar-refractivity contribution is -0.137. The van der Waals surface area contributed by atoms with Crippen LogP contribution in [-0.2, 0) is 15.8 Å². The summed E-state index contributed by atoms with van der Waals surface area (Å²) in [6.45, 7) is -1.65. The van der Waals surface area contributed by atoms with E-state index in [9.17, 15) is 26.7 Å². The van der Waals surface area contributed by atoms with Crippen LogP contribution in [0.4, 0.5) is 27.6 Å². The van der Waals surface area contributed by atoms with Crippen LogP contribution in [0.3, 0.4) is 0 Å². The molecular formula is C18H15F5N2O3. The van der Waals surface area contributed by atoms with Gasteiger partial charge in [0, 0.05) is 11.3 Å². The molecule has 1 atom stereocenters. The maximum absolute atomic E-state index is 12.5. The number of halogens is 5. The van der Waals surface area contributed by atoms with Gasteiger partial charge in [-0.2, -0.15) is 22.0 Å². The molecule has 0 aliphatic rings. The second-order valence-electron chi connectivity index (χ2n) is 5.46. The zero-order valence-corrected chi connectivity index (χ0v) is 14.4. The lowest BCUT2D eigenvalue weighted by Crippen LogP contribution is -2.26. The Hall–Kier alpha value is -3.17. The number of rotatable bonds is 7. The lowest BCUT2D eigenvalue weighted by atomic mass is 10.2. The SMILES string of the molecule is CC(O/N=C/c1ccccc1OC(F)F)C(=O)Nc1ccc(C(F)(F)F)cc1. The van der Waals surface area contributed by atoms with Crippen molar-refractivity contribution in [2.75, 3.05) is 5.32 Å². The molecule has 28 heavy (non-hydrogen) atoms. The third kappa shape index (κ3) is 6.22. The fraction of sp³-hybridized carbons (Fsp3) is 0.222. The number of nitrogens with one attached hydrogen (secondary N) is 1. The van der Waals surface area contributed by atoms with Gasteiger partial charge in [0.25, 0.3) is 5.91 Å². The monoisotopic (exact) mass is 402 g/mol. The van der Waals surface area contributed by atoms with Crippen LogP contribution in [0, 0.1) is 0 Å². The first kappa shape index (κ1) is 21.1. The molecule has 0 spiro atoms. The number of carbonyl (C=O) groups is 1. The summed E-state index contributed by atoms with van der Waals surface area (Å²) in [5.41, 5.74) is -0.490. The Kier molecular flexibility index (Phi) is 6.91. The molecule has 2 aromatic rings. The van der Waals surface area contributed by atoms with Crippen LogP contribution in [0.5, 0.6) is 5.75 Å². The summed E-state index contributed by atoms with van der Waals surface area (Å²) in [6, 6.07) is 9.71. The van der Waals surface area contributed by atoms with Crippen molar-refractivity contribution in [1.29, 1.82) is 0 Å². The number of oxime groups is 1. The standard InChI is InChI=1S/C18H15F5N2O3/c1-11(16(26)25-14-8-6-13(7-9-14)18(21,22)23)28-24-10-12-4-2-3-5-15(12)27-17(19)20/h2-11,17H,1H3,(H,25,26)/b24-10+. The molecule has 0 saturated heterocycles. The summed E-state index contributed by atoms with van der Waals surface area (Å²) in [4.78, 5) is 16.9. The third-order valence-electron chi connectivity index (χ3n) is 3.39. The molecule has 0 radical (unpaired) electrons. The average molecular weight is 402 g/mol. The molecule has 0 saturated carbocycles. The molecule has 0 aliphatic heterocycles. The Labute approximate surface area is 156 Å². The van der Waals surface area contributed by atoms with E-state index >= 15 is 0 Å². The number of amides is 1. The Bertz CT molecular complexity index is 823. The third-order valence-corrected chi connectivity index (χ3v) is 3.39. The second kappa shape index (κ2) is 9.16. The van der Waals surface area contributed by atoms with E-state index in [2.05, 4.69) is 15.2 Å². The first-order chi connectivity index (χ1) is 13.2. The van der Waals surface area contributed by atoms with Crippen molar-refractivity contribution in [2.45, 2.75) is 25.8 Å². The van der Waals surface area contributed by atoms with Gasteiger partial charge in [0.05, 0.1) is 11.8 Å². The Morgan fingerprint density at radius 3 is 2.36 bits per heavy atom. The molecule has 5 nitrogen and oxygen atoms in total. The fourth-order valence-corrected chi connectivity index (χ4v) is 2.00. The molecule has 1 amide bonds. The minimum absolute atomic E-state index is 0.119. The highest BCUT2D eigenvalue weighted by Gasteiger charge is 2.30. The van der Waals surface area contributed by atoms with Crippen molar-refractivity contribution >= 4 is 17.8 Å². The van der Waals surface area contributed by atoms with Gasteiger partial charge in [0.2, 0.25) is 6.10 Å². The summed E-state index contributed by atoms with van der Waals surface area (Å²) in [6.07, 6.45) is -4.47. The van der Waals surface area contributed by atoms with E-state index in [0.29, 0.717) is 0 Å². The largest absolute Gasteiger partial charge is 0.434 e. The van der Waals surface area contributed by atoms with Crippen molar-refractivity contribution in [3.05, 3.63) is 59.7 Å². The van der Waals surface area contributed by atoms with E-state index < -0.39 is 30.4 Å². The van der Waals surface area contributed by atoms with Crippen LogP contribution in [0.15, 0.2) is 53.7 Å². The van der Waals surface area contributed by atoms with Crippen LogP contribution in [0.1, 0.15) is 18.1 Å². The average Bonchev–Trinajstić information content (AvgIpc) is 2.62. The van der Waals surface area contributed by atoms with Gasteiger partial charge in [-0.1, -0.05) is 17.3 Å². The molecule has 0 aliphatic carbocycles. The number of ether oxygens (including phenoxy) is 1. The fourth-order valence-electron chi connectivity index (χ4n) is 2.00. The molecule has 0 aromatic heterocycles. The Morgan fingerprint density at radius 2 is 1.75 bits per heavy atom. The van der Waals surface area contributed by atoms with E-state index in [-0.39, 0.29) is 17.0 Å². The van der Waals surface area contributed by atoms with Crippen molar-refractivity contribution in [1.82, 2.24) is 0 Å².